The lowest BCUT2D eigenvalue weighted by Crippen LogP contribution is -2.18. The molecule has 5 aromatic rings. The van der Waals surface area contributed by atoms with E-state index in [1.54, 1.807) is 22.7 Å². The third-order valence-corrected chi connectivity index (χ3v) is 6.14. The van der Waals surface area contributed by atoms with E-state index in [4.69, 9.17) is 4.74 Å². The van der Waals surface area contributed by atoms with Gasteiger partial charge in [0.15, 0.2) is 4.96 Å². The van der Waals surface area contributed by atoms with E-state index in [0.29, 0.717) is 6.61 Å². The number of nitrogens with zero attached hydrogens (tertiary/aromatic N) is 3. The molecule has 2 aromatic carbocycles. The van der Waals surface area contributed by atoms with Crippen molar-refractivity contribution in [2.75, 3.05) is 11.9 Å². The van der Waals surface area contributed by atoms with E-state index in [0.717, 1.165) is 37.1 Å². The molecule has 144 valence electrons. The maximum absolute atomic E-state index is 12.1. The van der Waals surface area contributed by atoms with Crippen molar-refractivity contribution in [1.82, 2.24) is 14.4 Å². The highest BCUT2D eigenvalue weighted by Crippen LogP contribution is 2.24. The van der Waals surface area contributed by atoms with Gasteiger partial charge in [-0.25, -0.2) is 9.97 Å². The molecule has 1 amide bonds. The first-order chi connectivity index (χ1) is 14.2. The van der Waals surface area contributed by atoms with Gasteiger partial charge < -0.3 is 10.1 Å². The third kappa shape index (κ3) is 3.91. The smallest absolute Gasteiger partial charge is 0.250 e. The number of hydrogen-bond acceptors (Lipinski definition) is 6. The molecule has 0 radical (unpaired) electrons. The zero-order valence-corrected chi connectivity index (χ0v) is 16.9. The Hall–Kier alpha value is -3.07. The molecule has 0 spiro atoms. The van der Waals surface area contributed by atoms with Crippen LogP contribution in [0.2, 0.25) is 0 Å². The van der Waals surface area contributed by atoms with Crippen LogP contribution in [0.1, 0.15) is 5.01 Å². The lowest BCUT2D eigenvalue weighted by molar-refractivity contribution is -0.121. The summed E-state index contributed by atoms with van der Waals surface area (Å²) >= 11 is 3.18. The molecule has 29 heavy (non-hydrogen) atoms. The Bertz CT molecular complexity index is 1230. The van der Waals surface area contributed by atoms with Gasteiger partial charge in [-0.15, -0.1) is 22.7 Å². The number of aromatic nitrogens is 3. The number of anilines is 1. The molecule has 0 unspecified atom stereocenters. The van der Waals surface area contributed by atoms with Gasteiger partial charge in [-0.1, -0.05) is 24.3 Å². The van der Waals surface area contributed by atoms with Crippen molar-refractivity contribution in [3.05, 3.63) is 71.3 Å². The molecule has 1 N–H and O–H groups in total. The van der Waals surface area contributed by atoms with Crippen LogP contribution < -0.4 is 5.32 Å². The minimum atomic E-state index is -0.193. The number of thiazole rings is 2. The molecular formula is C21H16N4O2S2. The molecule has 0 aliphatic rings. The molecule has 0 aliphatic carbocycles. The predicted octanol–water partition coefficient (Wildman–Crippen LogP) is 4.83. The maximum Gasteiger partial charge on any atom is 0.250 e. The van der Waals surface area contributed by atoms with Gasteiger partial charge in [0.1, 0.15) is 11.6 Å². The summed E-state index contributed by atoms with van der Waals surface area (Å²) in [5.41, 5.74) is 3.60. The number of benzene rings is 2. The Morgan fingerprint density at radius 2 is 1.97 bits per heavy atom. The van der Waals surface area contributed by atoms with E-state index in [2.05, 4.69) is 15.3 Å². The summed E-state index contributed by atoms with van der Waals surface area (Å²) in [6, 6.07) is 15.6. The molecule has 0 atom stereocenters. The van der Waals surface area contributed by atoms with E-state index >= 15 is 0 Å². The highest BCUT2D eigenvalue weighted by atomic mass is 32.1. The van der Waals surface area contributed by atoms with E-state index in [-0.39, 0.29) is 12.5 Å². The van der Waals surface area contributed by atoms with Crippen LogP contribution in [0.4, 0.5) is 5.69 Å². The van der Waals surface area contributed by atoms with Crippen molar-refractivity contribution in [2.24, 2.45) is 0 Å². The van der Waals surface area contributed by atoms with Gasteiger partial charge in [0, 0.05) is 29.0 Å². The van der Waals surface area contributed by atoms with Crippen molar-refractivity contribution >= 4 is 49.4 Å². The molecule has 0 aliphatic heterocycles. The molecule has 8 heteroatoms. The van der Waals surface area contributed by atoms with Crippen LogP contribution in [0.3, 0.4) is 0 Å². The van der Waals surface area contributed by atoms with Gasteiger partial charge in [0.25, 0.3) is 0 Å². The fourth-order valence-corrected chi connectivity index (χ4v) is 4.61. The number of amides is 1. The molecule has 5 rings (SSSR count). The minimum Gasteiger partial charge on any atom is -0.364 e. The number of ether oxygens (including phenoxy) is 1. The van der Waals surface area contributed by atoms with Gasteiger partial charge in [-0.3, -0.25) is 9.20 Å². The van der Waals surface area contributed by atoms with Crippen molar-refractivity contribution in [1.29, 1.82) is 0 Å². The second-order valence-electron chi connectivity index (χ2n) is 6.41. The Morgan fingerprint density at radius 1 is 1.10 bits per heavy atom. The third-order valence-electron chi connectivity index (χ3n) is 4.35. The fraction of sp³-hybridized carbons (Fsp3) is 0.0952. The van der Waals surface area contributed by atoms with E-state index in [1.165, 1.54) is 0 Å². The number of imidazole rings is 1. The number of carbonyl (C=O) groups is 1. The lowest BCUT2D eigenvalue weighted by Gasteiger charge is -2.06. The zero-order chi connectivity index (χ0) is 19.6. The Kier molecular flexibility index (Phi) is 4.81. The van der Waals surface area contributed by atoms with Gasteiger partial charge >= 0.3 is 0 Å². The molecule has 6 nitrogen and oxygen atoms in total. The number of rotatable bonds is 6. The highest BCUT2D eigenvalue weighted by molar-refractivity contribution is 7.18. The molecule has 3 heterocycles. The minimum absolute atomic E-state index is 0.0188. The number of para-hydroxylation sites is 1. The van der Waals surface area contributed by atoms with Crippen LogP contribution in [0.5, 0.6) is 0 Å². The maximum atomic E-state index is 12.1. The number of hydrogen-bond donors (Lipinski definition) is 1. The Balaban J connectivity index is 1.15. The lowest BCUT2D eigenvalue weighted by atomic mass is 10.1. The molecule has 0 bridgehead atoms. The number of nitrogens with one attached hydrogen (secondary N) is 1. The second-order valence-corrected chi connectivity index (χ2v) is 8.40. The van der Waals surface area contributed by atoms with Crippen LogP contribution >= 0.6 is 22.7 Å². The first-order valence-corrected chi connectivity index (χ1v) is 10.7. The first-order valence-electron chi connectivity index (χ1n) is 8.99. The average Bonchev–Trinajstić information content (AvgIpc) is 3.42. The van der Waals surface area contributed by atoms with Crippen molar-refractivity contribution in [3.8, 4) is 11.3 Å². The second kappa shape index (κ2) is 7.75. The summed E-state index contributed by atoms with van der Waals surface area (Å²) in [6.45, 7) is 0.304. The summed E-state index contributed by atoms with van der Waals surface area (Å²) in [4.78, 5) is 22.2. The summed E-state index contributed by atoms with van der Waals surface area (Å²) < 4.78 is 8.64. The van der Waals surface area contributed by atoms with E-state index in [9.17, 15) is 4.79 Å². The Morgan fingerprint density at radius 3 is 2.79 bits per heavy atom. The normalized spacial score (nSPS) is 11.3. The van der Waals surface area contributed by atoms with Crippen LogP contribution in [0.25, 0.3) is 26.4 Å². The van der Waals surface area contributed by atoms with Crippen LogP contribution in [0.15, 0.2) is 66.3 Å². The highest BCUT2D eigenvalue weighted by Gasteiger charge is 2.08. The predicted molar refractivity (Wildman–Crippen MR) is 116 cm³/mol. The van der Waals surface area contributed by atoms with Gasteiger partial charge in [-0.05, 0) is 24.3 Å². The quantitative estimate of drug-likeness (QED) is 0.427. The molecule has 0 saturated carbocycles. The summed E-state index contributed by atoms with van der Waals surface area (Å²) in [6.07, 6.45) is 3.98. The van der Waals surface area contributed by atoms with E-state index in [1.807, 2.05) is 70.7 Å². The van der Waals surface area contributed by atoms with Crippen LogP contribution in [-0.2, 0) is 16.1 Å². The van der Waals surface area contributed by atoms with E-state index < -0.39 is 0 Å². The topological polar surface area (TPSA) is 68.5 Å². The molecule has 3 aromatic heterocycles. The fourth-order valence-electron chi connectivity index (χ4n) is 3.00. The van der Waals surface area contributed by atoms with Crippen molar-refractivity contribution < 1.29 is 9.53 Å². The first kappa shape index (κ1) is 18.0. The van der Waals surface area contributed by atoms with Gasteiger partial charge in [0.2, 0.25) is 5.91 Å². The summed E-state index contributed by atoms with van der Waals surface area (Å²) in [7, 11) is 0. The van der Waals surface area contributed by atoms with Gasteiger partial charge in [0.05, 0.1) is 22.5 Å². The number of fused-ring (bicyclic) bond motifs is 2. The van der Waals surface area contributed by atoms with Crippen LogP contribution in [0, 0.1) is 0 Å². The largest absolute Gasteiger partial charge is 0.364 e. The van der Waals surface area contributed by atoms with Gasteiger partial charge in [-0.2, -0.15) is 0 Å². The average molecular weight is 421 g/mol. The Labute approximate surface area is 174 Å². The molecular weight excluding hydrogens is 404 g/mol. The zero-order valence-electron chi connectivity index (χ0n) is 15.2. The molecule has 0 fully saturated rings. The van der Waals surface area contributed by atoms with Crippen molar-refractivity contribution in [2.45, 2.75) is 6.61 Å². The monoisotopic (exact) mass is 420 g/mol. The summed E-state index contributed by atoms with van der Waals surface area (Å²) in [5, 5.41) is 5.72. The van der Waals surface area contributed by atoms with Crippen LogP contribution in [-0.4, -0.2) is 26.9 Å². The standard InChI is InChI=1S/C21H16N4O2S2/c26-19(12-27-13-20-23-16-3-1-2-4-18(16)29-20)22-15-7-5-14(6-8-15)17-11-25-9-10-28-21(25)24-17/h1-11H,12-13H2,(H,22,26). The SMILES string of the molecule is O=C(COCc1nc2ccccc2s1)Nc1ccc(-c2cn3ccsc3n2)cc1. The molecule has 0 saturated heterocycles. The van der Waals surface area contributed by atoms with Crippen molar-refractivity contribution in [3.63, 3.8) is 0 Å². The summed E-state index contributed by atoms with van der Waals surface area (Å²) in [5.74, 6) is -0.193. The number of carbonyl (C=O) groups excluding carboxylic acids is 1.